The van der Waals surface area contributed by atoms with Crippen molar-refractivity contribution in [2.24, 2.45) is 0 Å². The highest BCUT2D eigenvalue weighted by molar-refractivity contribution is 8.18. The molecule has 1 fully saturated rings. The lowest BCUT2D eigenvalue weighted by molar-refractivity contribution is -0.137. The van der Waals surface area contributed by atoms with Gasteiger partial charge >= 0.3 is 6.18 Å². The van der Waals surface area contributed by atoms with E-state index in [0.29, 0.717) is 22.1 Å². The van der Waals surface area contributed by atoms with Crippen LogP contribution in [0.1, 0.15) is 16.7 Å². The Morgan fingerprint density at radius 3 is 2.42 bits per heavy atom. The molecular formula is C22H11F3N2O3S. The van der Waals surface area contributed by atoms with Gasteiger partial charge in [-0.25, -0.2) is 0 Å². The summed E-state index contributed by atoms with van der Waals surface area (Å²) in [7, 11) is 0. The summed E-state index contributed by atoms with van der Waals surface area (Å²) in [5.74, 6) is -0.259. The van der Waals surface area contributed by atoms with Gasteiger partial charge in [-0.3, -0.25) is 14.9 Å². The van der Waals surface area contributed by atoms with Gasteiger partial charge in [0, 0.05) is 5.39 Å². The molecular weight excluding hydrogens is 429 g/mol. The number of rotatable bonds is 3. The first-order chi connectivity index (χ1) is 14.8. The van der Waals surface area contributed by atoms with Crippen molar-refractivity contribution < 1.29 is 27.5 Å². The normalized spacial score (nSPS) is 15.2. The molecule has 154 valence electrons. The Hall–Kier alpha value is -3.77. The zero-order valence-electron chi connectivity index (χ0n) is 15.5. The predicted molar refractivity (Wildman–Crippen MR) is 109 cm³/mol. The van der Waals surface area contributed by atoms with Crippen LogP contribution in [0.25, 0.3) is 16.8 Å². The van der Waals surface area contributed by atoms with E-state index < -0.39 is 28.4 Å². The van der Waals surface area contributed by atoms with E-state index in [1.165, 1.54) is 12.1 Å². The molecule has 3 aromatic rings. The van der Waals surface area contributed by atoms with Crippen LogP contribution in [-0.4, -0.2) is 11.1 Å². The summed E-state index contributed by atoms with van der Waals surface area (Å²) in [6.07, 6.45) is -3.13. The molecule has 0 aliphatic carbocycles. The minimum absolute atomic E-state index is 0.0705. The van der Waals surface area contributed by atoms with Crippen LogP contribution in [-0.2, 0) is 11.0 Å². The molecule has 1 saturated heterocycles. The third-order valence-corrected chi connectivity index (χ3v) is 5.30. The molecule has 0 atom stereocenters. The second-order valence-electron chi connectivity index (χ2n) is 6.47. The molecule has 2 amide bonds. The fourth-order valence-corrected chi connectivity index (χ4v) is 3.79. The number of nitrogens with zero attached hydrogens (tertiary/aromatic N) is 1. The van der Waals surface area contributed by atoms with Gasteiger partial charge in [-0.05, 0) is 53.1 Å². The van der Waals surface area contributed by atoms with Gasteiger partial charge in [0.05, 0.1) is 22.1 Å². The molecule has 4 rings (SSSR count). The number of imide groups is 1. The summed E-state index contributed by atoms with van der Waals surface area (Å²) in [6.45, 7) is 0. The highest BCUT2D eigenvalue weighted by atomic mass is 32.2. The number of hydrogen-bond acceptors (Lipinski definition) is 5. The first kappa shape index (κ1) is 20.5. The van der Waals surface area contributed by atoms with E-state index >= 15 is 0 Å². The van der Waals surface area contributed by atoms with Crippen molar-refractivity contribution in [3.05, 3.63) is 76.2 Å². The summed E-state index contributed by atoms with van der Waals surface area (Å²) < 4.78 is 45.4. The molecule has 5 nitrogen and oxygen atoms in total. The lowest BCUT2D eigenvalue weighted by Gasteiger charge is -2.14. The molecule has 3 aromatic carbocycles. The molecule has 0 unspecified atom stereocenters. The Balaban J connectivity index is 1.76. The molecule has 0 aromatic heterocycles. The van der Waals surface area contributed by atoms with Crippen molar-refractivity contribution in [3.63, 3.8) is 0 Å². The number of nitrogens with one attached hydrogen (secondary N) is 1. The minimum Gasteiger partial charge on any atom is -0.457 e. The summed E-state index contributed by atoms with van der Waals surface area (Å²) >= 11 is 0.789. The van der Waals surface area contributed by atoms with Gasteiger partial charge in [0.1, 0.15) is 11.5 Å². The molecule has 1 heterocycles. The maximum atomic E-state index is 13.2. The van der Waals surface area contributed by atoms with Crippen molar-refractivity contribution in [1.29, 1.82) is 5.26 Å². The van der Waals surface area contributed by atoms with Crippen LogP contribution >= 0.6 is 11.8 Å². The van der Waals surface area contributed by atoms with E-state index in [2.05, 4.69) is 5.32 Å². The number of thioether (sulfide) groups is 1. The molecule has 31 heavy (non-hydrogen) atoms. The summed E-state index contributed by atoms with van der Waals surface area (Å²) in [6, 6.07) is 14.9. The van der Waals surface area contributed by atoms with Crippen LogP contribution in [0.5, 0.6) is 11.5 Å². The minimum atomic E-state index is -4.69. The summed E-state index contributed by atoms with van der Waals surface area (Å²) in [5, 5.41) is 12.0. The molecule has 0 radical (unpaired) electrons. The van der Waals surface area contributed by atoms with E-state index in [0.717, 1.165) is 23.9 Å². The Bertz CT molecular complexity index is 1310. The van der Waals surface area contributed by atoms with Crippen LogP contribution in [0.3, 0.4) is 0 Å². The zero-order valence-corrected chi connectivity index (χ0v) is 16.3. The number of fused-ring (bicyclic) bond motifs is 1. The Labute approximate surface area is 178 Å². The fraction of sp³-hybridized carbons (Fsp3) is 0.0455. The van der Waals surface area contributed by atoms with Gasteiger partial charge in [-0.1, -0.05) is 30.3 Å². The van der Waals surface area contributed by atoms with Crippen LogP contribution in [0.4, 0.5) is 18.0 Å². The average Bonchev–Trinajstić information content (AvgIpc) is 3.05. The number of benzene rings is 3. The smallest absolute Gasteiger partial charge is 0.417 e. The molecule has 0 spiro atoms. The molecule has 1 aliphatic rings. The zero-order chi connectivity index (χ0) is 22.2. The van der Waals surface area contributed by atoms with Crippen molar-refractivity contribution in [1.82, 2.24) is 5.32 Å². The van der Waals surface area contributed by atoms with E-state index in [1.54, 1.807) is 42.5 Å². The third kappa shape index (κ3) is 4.11. The molecule has 0 saturated carbocycles. The third-order valence-electron chi connectivity index (χ3n) is 4.49. The van der Waals surface area contributed by atoms with Crippen LogP contribution in [0.2, 0.25) is 0 Å². The second kappa shape index (κ2) is 7.81. The maximum Gasteiger partial charge on any atom is 0.417 e. The number of halogens is 3. The number of ether oxygens (including phenoxy) is 1. The number of alkyl halides is 3. The quantitative estimate of drug-likeness (QED) is 0.517. The Kier molecular flexibility index (Phi) is 5.17. The standard InChI is InChI=1S/C22H11F3N2O3S/c23-22(24,25)17-10-14(7-5-13(17)11-26)30-18-8-6-12(15-3-1-2-4-16(15)18)9-19-20(28)27-21(29)31-19/h1-10H,(H,27,28,29). The van der Waals surface area contributed by atoms with Crippen LogP contribution < -0.4 is 10.1 Å². The second-order valence-corrected chi connectivity index (χ2v) is 7.48. The van der Waals surface area contributed by atoms with Crippen molar-refractivity contribution in [3.8, 4) is 17.6 Å². The Morgan fingerprint density at radius 2 is 1.77 bits per heavy atom. The SMILES string of the molecule is N#Cc1ccc(Oc2ccc(C=C3SC(=O)NC3=O)c3ccccc23)cc1C(F)(F)F. The largest absolute Gasteiger partial charge is 0.457 e. The predicted octanol–water partition coefficient (Wildman–Crippen LogP) is 5.85. The molecule has 1 N–H and O–H groups in total. The van der Waals surface area contributed by atoms with E-state index in [-0.39, 0.29) is 10.7 Å². The Morgan fingerprint density at radius 1 is 1.03 bits per heavy atom. The van der Waals surface area contributed by atoms with Gasteiger partial charge in [-0.15, -0.1) is 0 Å². The van der Waals surface area contributed by atoms with E-state index in [4.69, 9.17) is 10.00 Å². The first-order valence-corrected chi connectivity index (χ1v) is 9.64. The maximum absolute atomic E-state index is 13.2. The van der Waals surface area contributed by atoms with Gasteiger partial charge < -0.3 is 4.74 Å². The van der Waals surface area contributed by atoms with Gasteiger partial charge in [0.15, 0.2) is 0 Å². The average molecular weight is 440 g/mol. The topological polar surface area (TPSA) is 79.2 Å². The number of nitriles is 1. The number of carbonyl (C=O) groups is 2. The van der Waals surface area contributed by atoms with Gasteiger partial charge in [0.2, 0.25) is 0 Å². The highest BCUT2D eigenvalue weighted by Gasteiger charge is 2.34. The summed E-state index contributed by atoms with van der Waals surface area (Å²) in [4.78, 5) is 23.5. The summed E-state index contributed by atoms with van der Waals surface area (Å²) in [5.41, 5.74) is -0.924. The molecule has 1 aliphatic heterocycles. The van der Waals surface area contributed by atoms with Crippen molar-refractivity contribution in [2.45, 2.75) is 6.18 Å². The molecule has 0 bridgehead atoms. The first-order valence-electron chi connectivity index (χ1n) is 8.82. The number of hydrogen-bond donors (Lipinski definition) is 1. The van der Waals surface area contributed by atoms with Gasteiger partial charge in [0.25, 0.3) is 11.1 Å². The lowest BCUT2D eigenvalue weighted by Crippen LogP contribution is -2.17. The lowest BCUT2D eigenvalue weighted by atomic mass is 10.0. The van der Waals surface area contributed by atoms with Crippen molar-refractivity contribution >= 4 is 39.8 Å². The van der Waals surface area contributed by atoms with E-state index in [9.17, 15) is 22.8 Å². The monoisotopic (exact) mass is 440 g/mol. The van der Waals surface area contributed by atoms with Gasteiger partial charge in [-0.2, -0.15) is 18.4 Å². The number of carbonyl (C=O) groups excluding carboxylic acids is 2. The molecule has 9 heteroatoms. The van der Waals surface area contributed by atoms with E-state index in [1.807, 2.05) is 0 Å². The highest BCUT2D eigenvalue weighted by Crippen LogP contribution is 2.38. The van der Waals surface area contributed by atoms with Crippen LogP contribution in [0.15, 0.2) is 59.5 Å². The van der Waals surface area contributed by atoms with Crippen molar-refractivity contribution in [2.75, 3.05) is 0 Å². The van der Waals surface area contributed by atoms with Crippen LogP contribution in [0, 0.1) is 11.3 Å². The fourth-order valence-electron chi connectivity index (χ4n) is 3.12. The number of amides is 2.